The Morgan fingerprint density at radius 1 is 1.03 bits per heavy atom. The van der Waals surface area contributed by atoms with Crippen molar-refractivity contribution >= 4 is 32.7 Å². The number of hydrogen-bond donors (Lipinski definition) is 0. The van der Waals surface area contributed by atoms with Crippen molar-refractivity contribution in [1.82, 2.24) is 33.5 Å². The molecule has 0 saturated heterocycles. The molecular weight excluding hydrogens is 490 g/mol. The molecule has 1 aliphatic rings. The van der Waals surface area contributed by atoms with Gasteiger partial charge in [0, 0.05) is 25.2 Å². The van der Waals surface area contributed by atoms with Crippen LogP contribution >= 0.6 is 0 Å². The minimum Gasteiger partial charge on any atom is -0.355 e. The quantitative estimate of drug-likeness (QED) is 0.347. The van der Waals surface area contributed by atoms with Gasteiger partial charge in [-0.05, 0) is 44.4 Å². The SMILES string of the molecule is Cc1ccc(S(=O)(=O)n2ccc3c2ncc2nnc([C@@H]4CC[C@H](N(C)c5cnc(C#N)cn5)C4)n23)cc1. The van der Waals surface area contributed by atoms with Crippen LogP contribution in [0.5, 0.6) is 0 Å². The fourth-order valence-electron chi connectivity index (χ4n) is 5.03. The maximum Gasteiger partial charge on any atom is 0.269 e. The zero-order valence-corrected chi connectivity index (χ0v) is 21.0. The van der Waals surface area contributed by atoms with E-state index >= 15 is 0 Å². The predicted molar refractivity (Wildman–Crippen MR) is 136 cm³/mol. The molecule has 2 atom stereocenters. The van der Waals surface area contributed by atoms with E-state index in [9.17, 15) is 8.42 Å². The lowest BCUT2D eigenvalue weighted by atomic mass is 10.1. The van der Waals surface area contributed by atoms with Gasteiger partial charge in [-0.3, -0.25) is 4.40 Å². The van der Waals surface area contributed by atoms with E-state index in [-0.39, 0.29) is 22.5 Å². The summed E-state index contributed by atoms with van der Waals surface area (Å²) in [6.45, 7) is 1.91. The van der Waals surface area contributed by atoms with E-state index < -0.39 is 10.0 Å². The van der Waals surface area contributed by atoms with Gasteiger partial charge in [0.05, 0.1) is 29.0 Å². The molecule has 0 amide bonds. The van der Waals surface area contributed by atoms with E-state index in [0.717, 1.165) is 30.7 Å². The maximum absolute atomic E-state index is 13.4. The molecule has 5 aromatic rings. The average Bonchev–Trinajstić information content (AvgIpc) is 3.66. The second-order valence-corrected chi connectivity index (χ2v) is 11.1. The number of nitriles is 1. The Morgan fingerprint density at radius 3 is 2.57 bits per heavy atom. The molecule has 0 radical (unpaired) electrons. The summed E-state index contributed by atoms with van der Waals surface area (Å²) < 4.78 is 29.9. The van der Waals surface area contributed by atoms with Crippen molar-refractivity contribution in [2.75, 3.05) is 11.9 Å². The molecule has 11 nitrogen and oxygen atoms in total. The summed E-state index contributed by atoms with van der Waals surface area (Å²) in [6, 6.07) is 10.7. The number of nitrogens with zero attached hydrogens (tertiary/aromatic N) is 9. The molecule has 37 heavy (non-hydrogen) atoms. The molecule has 0 bridgehead atoms. The molecule has 0 spiro atoms. The summed E-state index contributed by atoms with van der Waals surface area (Å²) in [6.07, 6.45) is 8.83. The minimum absolute atomic E-state index is 0.122. The number of aromatic nitrogens is 7. The average molecular weight is 514 g/mol. The highest BCUT2D eigenvalue weighted by molar-refractivity contribution is 7.90. The Bertz CT molecular complexity index is 1770. The van der Waals surface area contributed by atoms with Crippen molar-refractivity contribution in [2.45, 2.75) is 43.0 Å². The molecule has 4 aromatic heterocycles. The Hall–Kier alpha value is -4.37. The van der Waals surface area contributed by atoms with Crippen LogP contribution in [0, 0.1) is 18.3 Å². The molecule has 1 saturated carbocycles. The number of benzene rings is 1. The third-order valence-electron chi connectivity index (χ3n) is 7.07. The number of aryl methyl sites for hydroxylation is 1. The third kappa shape index (κ3) is 3.79. The van der Waals surface area contributed by atoms with Crippen LogP contribution in [0.4, 0.5) is 5.82 Å². The molecule has 0 N–H and O–H groups in total. The topological polar surface area (TPSA) is 135 Å². The summed E-state index contributed by atoms with van der Waals surface area (Å²) in [5.41, 5.74) is 2.81. The monoisotopic (exact) mass is 513 g/mol. The summed E-state index contributed by atoms with van der Waals surface area (Å²) in [5, 5.41) is 17.8. The van der Waals surface area contributed by atoms with Gasteiger partial charge in [0.15, 0.2) is 17.0 Å². The van der Waals surface area contributed by atoms with E-state index in [0.29, 0.717) is 22.6 Å². The first-order valence-corrected chi connectivity index (χ1v) is 13.3. The Kier molecular flexibility index (Phi) is 5.38. The lowest BCUT2D eigenvalue weighted by Crippen LogP contribution is -2.30. The lowest BCUT2D eigenvalue weighted by Gasteiger charge is -2.25. The Balaban J connectivity index is 1.34. The Labute approximate surface area is 213 Å². The molecular formula is C25H23N9O2S. The minimum atomic E-state index is -3.82. The zero-order chi connectivity index (χ0) is 25.7. The van der Waals surface area contributed by atoms with Crippen molar-refractivity contribution < 1.29 is 8.42 Å². The van der Waals surface area contributed by atoms with Crippen molar-refractivity contribution in [2.24, 2.45) is 0 Å². The van der Waals surface area contributed by atoms with Gasteiger partial charge < -0.3 is 4.90 Å². The molecule has 0 unspecified atom stereocenters. The van der Waals surface area contributed by atoms with Crippen molar-refractivity contribution in [3.63, 3.8) is 0 Å². The van der Waals surface area contributed by atoms with Gasteiger partial charge in [0.2, 0.25) is 0 Å². The molecule has 4 heterocycles. The van der Waals surface area contributed by atoms with E-state index in [4.69, 9.17) is 5.26 Å². The first-order valence-electron chi connectivity index (χ1n) is 11.8. The van der Waals surface area contributed by atoms with Gasteiger partial charge >= 0.3 is 0 Å². The van der Waals surface area contributed by atoms with Crippen molar-refractivity contribution in [3.8, 4) is 6.07 Å². The summed E-state index contributed by atoms with van der Waals surface area (Å²) >= 11 is 0. The molecule has 0 aliphatic heterocycles. The fourth-order valence-corrected chi connectivity index (χ4v) is 6.32. The van der Waals surface area contributed by atoms with Crippen LogP contribution < -0.4 is 4.90 Å². The summed E-state index contributed by atoms with van der Waals surface area (Å²) in [7, 11) is -1.84. The van der Waals surface area contributed by atoms with Gasteiger partial charge in [0.1, 0.15) is 17.7 Å². The van der Waals surface area contributed by atoms with Crippen molar-refractivity contribution in [1.29, 1.82) is 5.26 Å². The largest absolute Gasteiger partial charge is 0.355 e. The molecule has 186 valence electrons. The van der Waals surface area contributed by atoms with Gasteiger partial charge in [-0.2, -0.15) is 5.26 Å². The standard InChI is InChI=1S/C25H23N9O2S/c1-16-3-7-20(8-4-16)37(35,36)33-10-9-21-25(33)29-15-23-30-31-24(34(21)23)17-5-6-19(11-17)32(2)22-14-27-18(12-26)13-28-22/h3-4,7-10,13-15,17,19H,5-6,11H2,1-2H3/t17-,19+/m1/s1. The van der Waals surface area contributed by atoms with Crippen LogP contribution in [0.25, 0.3) is 16.8 Å². The highest BCUT2D eigenvalue weighted by Crippen LogP contribution is 2.37. The van der Waals surface area contributed by atoms with Gasteiger partial charge in [-0.15, -0.1) is 10.2 Å². The van der Waals surface area contributed by atoms with Crippen LogP contribution in [0.15, 0.2) is 60.0 Å². The van der Waals surface area contributed by atoms with E-state index in [1.165, 1.54) is 16.4 Å². The van der Waals surface area contributed by atoms with Crippen LogP contribution in [0.3, 0.4) is 0 Å². The maximum atomic E-state index is 13.4. The second kappa shape index (κ2) is 8.63. The smallest absolute Gasteiger partial charge is 0.269 e. The van der Waals surface area contributed by atoms with Crippen molar-refractivity contribution in [3.05, 3.63) is 72.2 Å². The van der Waals surface area contributed by atoms with E-state index in [1.54, 1.807) is 42.7 Å². The summed E-state index contributed by atoms with van der Waals surface area (Å²) in [4.78, 5) is 15.2. The van der Waals surface area contributed by atoms with Gasteiger partial charge in [0.25, 0.3) is 10.0 Å². The molecule has 6 rings (SSSR count). The normalized spacial score (nSPS) is 17.9. The third-order valence-corrected chi connectivity index (χ3v) is 8.75. The molecule has 1 fully saturated rings. The van der Waals surface area contributed by atoms with Crippen LogP contribution in [0.2, 0.25) is 0 Å². The molecule has 1 aliphatic carbocycles. The first-order chi connectivity index (χ1) is 17.9. The number of fused-ring (bicyclic) bond motifs is 3. The fraction of sp³-hybridized carbons (Fsp3) is 0.280. The van der Waals surface area contributed by atoms with Crippen LogP contribution in [-0.4, -0.2) is 55.0 Å². The van der Waals surface area contributed by atoms with E-state index in [2.05, 4.69) is 30.0 Å². The molecule has 1 aromatic carbocycles. The predicted octanol–water partition coefficient (Wildman–Crippen LogP) is 3.06. The number of rotatable bonds is 5. The van der Waals surface area contributed by atoms with Crippen LogP contribution in [-0.2, 0) is 10.0 Å². The van der Waals surface area contributed by atoms with Gasteiger partial charge in [-0.1, -0.05) is 17.7 Å². The second-order valence-electron chi connectivity index (χ2n) is 9.29. The highest BCUT2D eigenvalue weighted by atomic mass is 32.2. The van der Waals surface area contributed by atoms with E-state index in [1.807, 2.05) is 24.4 Å². The highest BCUT2D eigenvalue weighted by Gasteiger charge is 2.33. The molecule has 12 heteroatoms. The lowest BCUT2D eigenvalue weighted by molar-refractivity contribution is 0.588. The number of anilines is 1. The van der Waals surface area contributed by atoms with Gasteiger partial charge in [-0.25, -0.2) is 27.3 Å². The Morgan fingerprint density at radius 2 is 1.84 bits per heavy atom. The first kappa shape index (κ1) is 23.1. The van der Waals surface area contributed by atoms with Crippen LogP contribution in [0.1, 0.15) is 42.3 Å². The number of hydrogen-bond acceptors (Lipinski definition) is 9. The zero-order valence-electron chi connectivity index (χ0n) is 20.2. The summed E-state index contributed by atoms with van der Waals surface area (Å²) in [5.74, 6) is 1.62.